The largest absolute Gasteiger partial charge is 0.443 e. The van der Waals surface area contributed by atoms with Gasteiger partial charge in [0.15, 0.2) is 0 Å². The maximum absolute atomic E-state index is 12.5. The number of urea groups is 1. The third-order valence-electron chi connectivity index (χ3n) is 2.73. The molecule has 0 radical (unpaired) electrons. The molecule has 0 heterocycles. The molecule has 0 fully saturated rings. The predicted octanol–water partition coefficient (Wildman–Crippen LogP) is 3.92. The number of nitriles is 1. The van der Waals surface area contributed by atoms with E-state index in [0.717, 1.165) is 5.01 Å². The molecule has 0 aromatic heterocycles. The molecule has 0 atom stereocenters. The lowest BCUT2D eigenvalue weighted by Gasteiger charge is -2.33. The molecule has 130 valence electrons. The van der Waals surface area contributed by atoms with Crippen LogP contribution in [0.3, 0.4) is 0 Å². The van der Waals surface area contributed by atoms with Crippen LogP contribution in [0.1, 0.15) is 34.6 Å². The van der Waals surface area contributed by atoms with Crippen LogP contribution in [0.2, 0.25) is 5.02 Å². The van der Waals surface area contributed by atoms with Crippen LogP contribution in [0.15, 0.2) is 24.3 Å². The zero-order chi connectivity index (χ0) is 18.5. The van der Waals surface area contributed by atoms with E-state index >= 15 is 0 Å². The summed E-state index contributed by atoms with van der Waals surface area (Å²) in [5, 5.41) is 13.3. The van der Waals surface area contributed by atoms with Gasteiger partial charge in [0.25, 0.3) is 0 Å². The van der Waals surface area contributed by atoms with E-state index in [0.29, 0.717) is 10.7 Å². The van der Waals surface area contributed by atoms with E-state index in [9.17, 15) is 14.9 Å². The fourth-order valence-corrected chi connectivity index (χ4v) is 1.73. The van der Waals surface area contributed by atoms with Crippen molar-refractivity contribution in [3.05, 3.63) is 29.3 Å². The number of amides is 3. The van der Waals surface area contributed by atoms with Gasteiger partial charge in [-0.2, -0.15) is 5.26 Å². The number of halogens is 1. The van der Waals surface area contributed by atoms with Gasteiger partial charge in [-0.1, -0.05) is 11.6 Å². The van der Waals surface area contributed by atoms with Gasteiger partial charge >= 0.3 is 12.1 Å². The van der Waals surface area contributed by atoms with Gasteiger partial charge < -0.3 is 10.1 Å². The van der Waals surface area contributed by atoms with Crippen LogP contribution in [-0.2, 0) is 4.74 Å². The summed E-state index contributed by atoms with van der Waals surface area (Å²) in [5.74, 6) is 0. The summed E-state index contributed by atoms with van der Waals surface area (Å²) in [5.41, 5.74) is 0.739. The molecule has 0 unspecified atom stereocenters. The van der Waals surface area contributed by atoms with E-state index in [4.69, 9.17) is 16.3 Å². The van der Waals surface area contributed by atoms with Gasteiger partial charge in [-0.25, -0.2) is 20.0 Å². The highest BCUT2D eigenvalue weighted by Crippen LogP contribution is 2.17. The van der Waals surface area contributed by atoms with Crippen molar-refractivity contribution in [2.24, 2.45) is 0 Å². The summed E-state index contributed by atoms with van der Waals surface area (Å²) < 4.78 is 5.13. The molecule has 0 saturated carbocycles. The van der Waals surface area contributed by atoms with E-state index in [2.05, 4.69) is 10.7 Å². The van der Waals surface area contributed by atoms with E-state index < -0.39 is 23.3 Å². The quantitative estimate of drug-likeness (QED) is 0.789. The van der Waals surface area contributed by atoms with Gasteiger partial charge in [0.05, 0.1) is 6.07 Å². The first kappa shape index (κ1) is 19.6. The minimum Gasteiger partial charge on any atom is -0.443 e. The molecule has 0 spiro atoms. The SMILES string of the molecule is CC(C)(C)OC(=O)NN(C(=O)Nc1ccc(Cl)cc1)C(C)(C)C#N. The van der Waals surface area contributed by atoms with E-state index in [-0.39, 0.29) is 0 Å². The molecule has 24 heavy (non-hydrogen) atoms. The lowest BCUT2D eigenvalue weighted by atomic mass is 10.1. The molecule has 0 saturated heterocycles. The van der Waals surface area contributed by atoms with Crippen molar-refractivity contribution in [2.45, 2.75) is 45.8 Å². The average Bonchev–Trinajstić information content (AvgIpc) is 2.45. The Labute approximate surface area is 146 Å². The first-order valence-electron chi connectivity index (χ1n) is 7.22. The lowest BCUT2D eigenvalue weighted by Crippen LogP contribution is -2.58. The number of nitrogens with zero attached hydrogens (tertiary/aromatic N) is 2. The van der Waals surface area contributed by atoms with Gasteiger partial charge in [0.1, 0.15) is 11.1 Å². The number of anilines is 1. The van der Waals surface area contributed by atoms with Crippen LogP contribution in [0.5, 0.6) is 0 Å². The van der Waals surface area contributed by atoms with Gasteiger partial charge in [0.2, 0.25) is 0 Å². The second kappa shape index (κ2) is 7.41. The molecule has 2 N–H and O–H groups in total. The Morgan fingerprint density at radius 2 is 1.71 bits per heavy atom. The Kier molecular flexibility index (Phi) is 6.04. The molecule has 0 aliphatic rings. The summed E-state index contributed by atoms with van der Waals surface area (Å²) in [6, 6.07) is 7.70. The third kappa shape index (κ3) is 5.97. The minimum absolute atomic E-state index is 0.467. The predicted molar refractivity (Wildman–Crippen MR) is 91.4 cm³/mol. The summed E-state index contributed by atoms with van der Waals surface area (Å²) in [6.07, 6.45) is -0.836. The number of hydrazine groups is 1. The third-order valence-corrected chi connectivity index (χ3v) is 2.99. The first-order valence-corrected chi connectivity index (χ1v) is 7.60. The number of hydrogen-bond donors (Lipinski definition) is 2. The van der Waals surface area contributed by atoms with E-state index in [1.54, 1.807) is 45.0 Å². The Morgan fingerprint density at radius 1 is 1.17 bits per heavy atom. The molecule has 1 aromatic carbocycles. The van der Waals surface area contributed by atoms with Gasteiger partial charge in [0, 0.05) is 10.7 Å². The zero-order valence-corrected chi connectivity index (χ0v) is 15.1. The van der Waals surface area contributed by atoms with Gasteiger partial charge in [-0.3, -0.25) is 0 Å². The van der Waals surface area contributed by atoms with E-state index in [1.807, 2.05) is 6.07 Å². The summed E-state index contributed by atoms with van der Waals surface area (Å²) in [4.78, 5) is 24.4. The highest BCUT2D eigenvalue weighted by Gasteiger charge is 2.34. The number of benzene rings is 1. The molecule has 0 bridgehead atoms. The van der Waals surface area contributed by atoms with Crippen molar-refractivity contribution in [1.82, 2.24) is 10.4 Å². The number of carbonyl (C=O) groups excluding carboxylic acids is 2. The van der Waals surface area contributed by atoms with Crippen LogP contribution in [0, 0.1) is 11.3 Å². The second-order valence-electron chi connectivity index (χ2n) is 6.56. The van der Waals surface area contributed by atoms with Crippen LogP contribution in [0.25, 0.3) is 0 Å². The van der Waals surface area contributed by atoms with Gasteiger partial charge in [-0.05, 0) is 58.9 Å². The van der Waals surface area contributed by atoms with E-state index in [1.165, 1.54) is 13.8 Å². The maximum atomic E-state index is 12.5. The fourth-order valence-electron chi connectivity index (χ4n) is 1.60. The fraction of sp³-hybridized carbons (Fsp3) is 0.438. The number of rotatable bonds is 2. The summed E-state index contributed by atoms with van der Waals surface area (Å²) >= 11 is 5.80. The van der Waals surface area contributed by atoms with Crippen molar-refractivity contribution < 1.29 is 14.3 Å². The number of nitrogens with one attached hydrogen (secondary N) is 2. The summed E-state index contributed by atoms with van der Waals surface area (Å²) in [6.45, 7) is 8.07. The Morgan fingerprint density at radius 3 is 2.17 bits per heavy atom. The average molecular weight is 353 g/mol. The number of hydrogen-bond acceptors (Lipinski definition) is 4. The highest BCUT2D eigenvalue weighted by molar-refractivity contribution is 6.30. The Bertz CT molecular complexity index is 645. The molecule has 1 rings (SSSR count). The summed E-state index contributed by atoms with van der Waals surface area (Å²) in [7, 11) is 0. The number of carbonyl (C=O) groups is 2. The molecule has 3 amide bonds. The maximum Gasteiger partial charge on any atom is 0.426 e. The van der Waals surface area contributed by atoms with Crippen molar-refractivity contribution in [1.29, 1.82) is 5.26 Å². The van der Waals surface area contributed by atoms with Gasteiger partial charge in [-0.15, -0.1) is 0 Å². The van der Waals surface area contributed by atoms with Crippen molar-refractivity contribution in [2.75, 3.05) is 5.32 Å². The molecular weight excluding hydrogens is 332 g/mol. The van der Waals surface area contributed by atoms with Crippen molar-refractivity contribution >= 4 is 29.4 Å². The monoisotopic (exact) mass is 352 g/mol. The topological polar surface area (TPSA) is 94.5 Å². The zero-order valence-electron chi connectivity index (χ0n) is 14.3. The van der Waals surface area contributed by atoms with Crippen LogP contribution < -0.4 is 10.7 Å². The first-order chi connectivity index (χ1) is 10.9. The van der Waals surface area contributed by atoms with Crippen molar-refractivity contribution in [3.8, 4) is 6.07 Å². The Hall–Kier alpha value is -2.46. The molecular formula is C16H21ClN4O3. The molecule has 1 aromatic rings. The molecule has 7 nitrogen and oxygen atoms in total. The number of ether oxygens (including phenoxy) is 1. The molecule has 0 aliphatic carbocycles. The van der Waals surface area contributed by atoms with Crippen LogP contribution >= 0.6 is 11.6 Å². The smallest absolute Gasteiger partial charge is 0.426 e. The Balaban J connectivity index is 2.93. The van der Waals surface area contributed by atoms with Crippen LogP contribution in [0.4, 0.5) is 15.3 Å². The standard InChI is InChI=1S/C16H21ClN4O3/c1-15(2,3)24-14(23)20-21(16(4,5)10-18)13(22)19-12-8-6-11(17)7-9-12/h6-9H,1-5H3,(H,19,22)(H,20,23). The molecule has 8 heteroatoms. The minimum atomic E-state index is -1.30. The van der Waals surface area contributed by atoms with Crippen LogP contribution in [-0.4, -0.2) is 28.3 Å². The van der Waals surface area contributed by atoms with Crippen molar-refractivity contribution in [3.63, 3.8) is 0 Å². The molecule has 0 aliphatic heterocycles. The second-order valence-corrected chi connectivity index (χ2v) is 6.99. The normalized spacial score (nSPS) is 11.2. The lowest BCUT2D eigenvalue weighted by molar-refractivity contribution is 0.0302. The highest BCUT2D eigenvalue weighted by atomic mass is 35.5.